The summed E-state index contributed by atoms with van der Waals surface area (Å²) < 4.78 is 1.68. The SMILES string of the molecule is CCCc1cc2nc(C)cc(Cl)n2n1. The van der Waals surface area contributed by atoms with Gasteiger partial charge in [0.1, 0.15) is 5.15 Å². The first-order valence-electron chi connectivity index (χ1n) is 4.72. The van der Waals surface area contributed by atoms with Gasteiger partial charge >= 0.3 is 0 Å². The summed E-state index contributed by atoms with van der Waals surface area (Å²) in [6.07, 6.45) is 2.05. The maximum atomic E-state index is 6.04. The van der Waals surface area contributed by atoms with E-state index in [1.807, 2.05) is 19.1 Å². The molecule has 0 atom stereocenters. The van der Waals surface area contributed by atoms with E-state index in [-0.39, 0.29) is 0 Å². The fourth-order valence-electron chi connectivity index (χ4n) is 1.48. The average Bonchev–Trinajstić information content (AvgIpc) is 2.48. The molecule has 0 saturated carbocycles. The summed E-state index contributed by atoms with van der Waals surface area (Å²) in [5, 5.41) is 4.99. The Morgan fingerprint density at radius 3 is 2.93 bits per heavy atom. The van der Waals surface area contributed by atoms with Crippen molar-refractivity contribution in [3.63, 3.8) is 0 Å². The summed E-state index contributed by atoms with van der Waals surface area (Å²) in [7, 11) is 0. The van der Waals surface area contributed by atoms with Crippen LogP contribution in [0.5, 0.6) is 0 Å². The molecule has 2 aromatic rings. The number of nitrogens with zero attached hydrogens (tertiary/aromatic N) is 3. The highest BCUT2D eigenvalue weighted by molar-refractivity contribution is 6.29. The van der Waals surface area contributed by atoms with Crippen LogP contribution in [0.3, 0.4) is 0 Å². The van der Waals surface area contributed by atoms with Crippen molar-refractivity contribution >= 4 is 17.2 Å². The molecule has 74 valence electrons. The largest absolute Gasteiger partial charge is 0.234 e. The molecule has 0 fully saturated rings. The molecule has 0 aliphatic heterocycles. The van der Waals surface area contributed by atoms with Crippen LogP contribution in [0.25, 0.3) is 5.65 Å². The molecular weight excluding hydrogens is 198 g/mol. The van der Waals surface area contributed by atoms with Gasteiger partial charge in [-0.15, -0.1) is 0 Å². The summed E-state index contributed by atoms with van der Waals surface area (Å²) in [6, 6.07) is 3.81. The highest BCUT2D eigenvalue weighted by atomic mass is 35.5. The number of aryl methyl sites for hydroxylation is 2. The first-order valence-corrected chi connectivity index (χ1v) is 5.10. The molecule has 2 aromatic heterocycles. The lowest BCUT2D eigenvalue weighted by Gasteiger charge is -1.97. The molecule has 0 saturated heterocycles. The minimum absolute atomic E-state index is 0.620. The van der Waals surface area contributed by atoms with Crippen LogP contribution in [-0.4, -0.2) is 14.6 Å². The fraction of sp³-hybridized carbons (Fsp3) is 0.400. The minimum atomic E-state index is 0.620. The lowest BCUT2D eigenvalue weighted by molar-refractivity contribution is 0.831. The third kappa shape index (κ3) is 1.60. The highest BCUT2D eigenvalue weighted by Gasteiger charge is 2.05. The average molecular weight is 210 g/mol. The van der Waals surface area contributed by atoms with Crippen LogP contribution in [0.4, 0.5) is 0 Å². The number of hydrogen-bond donors (Lipinski definition) is 0. The number of aromatic nitrogens is 3. The van der Waals surface area contributed by atoms with Gasteiger partial charge in [-0.05, 0) is 19.4 Å². The molecule has 4 heteroatoms. The normalized spacial score (nSPS) is 11.1. The zero-order valence-electron chi connectivity index (χ0n) is 8.29. The van der Waals surface area contributed by atoms with Crippen LogP contribution in [0.15, 0.2) is 12.1 Å². The summed E-state index contributed by atoms with van der Waals surface area (Å²) >= 11 is 6.04. The van der Waals surface area contributed by atoms with Crippen LogP contribution in [0.2, 0.25) is 5.15 Å². The van der Waals surface area contributed by atoms with E-state index in [1.54, 1.807) is 4.52 Å². The van der Waals surface area contributed by atoms with Gasteiger partial charge in [0.15, 0.2) is 5.65 Å². The lowest BCUT2D eigenvalue weighted by atomic mass is 10.2. The third-order valence-electron chi connectivity index (χ3n) is 2.07. The molecule has 0 unspecified atom stereocenters. The molecule has 0 bridgehead atoms. The van der Waals surface area contributed by atoms with E-state index in [0.717, 1.165) is 29.9 Å². The van der Waals surface area contributed by atoms with Crippen molar-refractivity contribution in [3.05, 3.63) is 28.7 Å². The fourth-order valence-corrected chi connectivity index (χ4v) is 1.76. The van der Waals surface area contributed by atoms with E-state index >= 15 is 0 Å². The predicted octanol–water partition coefficient (Wildman–Crippen LogP) is 2.64. The molecule has 0 aliphatic rings. The molecule has 0 spiro atoms. The molecule has 2 heterocycles. The van der Waals surface area contributed by atoms with Gasteiger partial charge in [0, 0.05) is 11.8 Å². The standard InChI is InChI=1S/C10H12ClN3/c1-3-4-8-6-10-12-7(2)5-9(11)14(10)13-8/h5-6H,3-4H2,1-2H3. The Morgan fingerprint density at radius 1 is 1.43 bits per heavy atom. The van der Waals surface area contributed by atoms with E-state index in [0.29, 0.717) is 5.15 Å². The summed E-state index contributed by atoms with van der Waals surface area (Å²) in [5.41, 5.74) is 2.80. The summed E-state index contributed by atoms with van der Waals surface area (Å²) in [5.74, 6) is 0. The molecule has 0 aromatic carbocycles. The van der Waals surface area contributed by atoms with Gasteiger partial charge < -0.3 is 0 Å². The van der Waals surface area contributed by atoms with Gasteiger partial charge in [-0.1, -0.05) is 24.9 Å². The highest BCUT2D eigenvalue weighted by Crippen LogP contribution is 2.14. The zero-order chi connectivity index (χ0) is 10.1. The Labute approximate surface area is 87.7 Å². The second-order valence-corrected chi connectivity index (χ2v) is 3.76. The second kappa shape index (κ2) is 3.58. The topological polar surface area (TPSA) is 30.2 Å². The first kappa shape index (κ1) is 9.46. The molecule has 0 radical (unpaired) electrons. The zero-order valence-corrected chi connectivity index (χ0v) is 9.04. The Bertz CT molecular complexity index is 462. The van der Waals surface area contributed by atoms with Crippen LogP contribution >= 0.6 is 11.6 Å². The van der Waals surface area contributed by atoms with Crippen LogP contribution in [-0.2, 0) is 6.42 Å². The quantitative estimate of drug-likeness (QED) is 0.712. The maximum Gasteiger partial charge on any atom is 0.157 e. The monoisotopic (exact) mass is 209 g/mol. The number of halogens is 1. The van der Waals surface area contributed by atoms with Crippen molar-refractivity contribution in [2.75, 3.05) is 0 Å². The molecular formula is C10H12ClN3. The molecule has 14 heavy (non-hydrogen) atoms. The van der Waals surface area contributed by atoms with Crippen molar-refractivity contribution in [3.8, 4) is 0 Å². The van der Waals surface area contributed by atoms with Crippen molar-refractivity contribution in [1.29, 1.82) is 0 Å². The lowest BCUT2D eigenvalue weighted by Crippen LogP contribution is -1.94. The second-order valence-electron chi connectivity index (χ2n) is 3.38. The van der Waals surface area contributed by atoms with Gasteiger partial charge in [-0.2, -0.15) is 5.10 Å². The minimum Gasteiger partial charge on any atom is -0.234 e. The summed E-state index contributed by atoms with van der Waals surface area (Å²) in [4.78, 5) is 4.36. The van der Waals surface area contributed by atoms with E-state index in [4.69, 9.17) is 11.6 Å². The maximum absolute atomic E-state index is 6.04. The van der Waals surface area contributed by atoms with Crippen molar-refractivity contribution < 1.29 is 0 Å². The smallest absolute Gasteiger partial charge is 0.157 e. The molecule has 0 aliphatic carbocycles. The Kier molecular flexibility index (Phi) is 2.42. The van der Waals surface area contributed by atoms with Crippen LogP contribution in [0, 0.1) is 6.92 Å². The molecule has 2 rings (SSSR count). The van der Waals surface area contributed by atoms with Gasteiger partial charge in [-0.25, -0.2) is 9.50 Å². The van der Waals surface area contributed by atoms with Crippen molar-refractivity contribution in [1.82, 2.24) is 14.6 Å². The van der Waals surface area contributed by atoms with Gasteiger partial charge in [0.2, 0.25) is 0 Å². The molecule has 3 nitrogen and oxygen atoms in total. The van der Waals surface area contributed by atoms with E-state index in [2.05, 4.69) is 17.0 Å². The van der Waals surface area contributed by atoms with Crippen molar-refractivity contribution in [2.24, 2.45) is 0 Å². The van der Waals surface area contributed by atoms with Crippen LogP contribution < -0.4 is 0 Å². The van der Waals surface area contributed by atoms with Gasteiger partial charge in [0.05, 0.1) is 5.69 Å². The Morgan fingerprint density at radius 2 is 2.21 bits per heavy atom. The Hall–Kier alpha value is -1.09. The predicted molar refractivity (Wildman–Crippen MR) is 56.7 cm³/mol. The van der Waals surface area contributed by atoms with Crippen molar-refractivity contribution in [2.45, 2.75) is 26.7 Å². The number of fused-ring (bicyclic) bond motifs is 1. The summed E-state index contributed by atoms with van der Waals surface area (Å²) in [6.45, 7) is 4.06. The molecule has 0 amide bonds. The van der Waals surface area contributed by atoms with E-state index < -0.39 is 0 Å². The number of rotatable bonds is 2. The Balaban J connectivity index is 2.58. The first-order chi connectivity index (χ1) is 6.70. The van der Waals surface area contributed by atoms with Gasteiger partial charge in [0.25, 0.3) is 0 Å². The molecule has 0 N–H and O–H groups in total. The number of hydrogen-bond acceptors (Lipinski definition) is 2. The van der Waals surface area contributed by atoms with E-state index in [9.17, 15) is 0 Å². The third-order valence-corrected chi connectivity index (χ3v) is 2.34. The van der Waals surface area contributed by atoms with E-state index in [1.165, 1.54) is 0 Å². The van der Waals surface area contributed by atoms with Crippen LogP contribution in [0.1, 0.15) is 24.7 Å². The van der Waals surface area contributed by atoms with Gasteiger partial charge in [-0.3, -0.25) is 0 Å².